The molecule has 0 saturated carbocycles. The van der Waals surface area contributed by atoms with Gasteiger partial charge >= 0.3 is 0 Å². The third-order valence-electron chi connectivity index (χ3n) is 4.11. The SMILES string of the molecule is CC(C)NC(=O)[C@@H](C)N(Cc1cccc(Cl)c1)C(=O)Cc1ccc(F)cc1. The van der Waals surface area contributed by atoms with E-state index < -0.39 is 6.04 Å². The number of hydrogen-bond donors (Lipinski definition) is 1. The summed E-state index contributed by atoms with van der Waals surface area (Å²) in [7, 11) is 0. The van der Waals surface area contributed by atoms with Gasteiger partial charge in [0.15, 0.2) is 0 Å². The molecule has 2 amide bonds. The van der Waals surface area contributed by atoms with Gasteiger partial charge in [0.1, 0.15) is 11.9 Å². The molecule has 0 unspecified atom stereocenters. The van der Waals surface area contributed by atoms with Crippen molar-refractivity contribution >= 4 is 23.4 Å². The van der Waals surface area contributed by atoms with E-state index in [4.69, 9.17) is 11.6 Å². The zero-order chi connectivity index (χ0) is 20.0. The number of carbonyl (C=O) groups excluding carboxylic acids is 2. The first-order valence-corrected chi connectivity index (χ1v) is 9.23. The van der Waals surface area contributed by atoms with Crippen molar-refractivity contribution in [2.45, 2.75) is 45.8 Å². The number of hydrogen-bond acceptors (Lipinski definition) is 2. The Morgan fingerprint density at radius 2 is 1.74 bits per heavy atom. The summed E-state index contributed by atoms with van der Waals surface area (Å²) < 4.78 is 13.1. The van der Waals surface area contributed by atoms with Crippen LogP contribution < -0.4 is 5.32 Å². The van der Waals surface area contributed by atoms with Gasteiger partial charge in [-0.15, -0.1) is 0 Å². The normalized spacial score (nSPS) is 11.9. The second-order valence-electron chi connectivity index (χ2n) is 6.79. The van der Waals surface area contributed by atoms with E-state index in [0.717, 1.165) is 5.56 Å². The summed E-state index contributed by atoms with van der Waals surface area (Å²) in [5.41, 5.74) is 1.52. The Hall–Kier alpha value is -2.40. The molecule has 27 heavy (non-hydrogen) atoms. The van der Waals surface area contributed by atoms with Gasteiger partial charge in [0.2, 0.25) is 11.8 Å². The van der Waals surface area contributed by atoms with E-state index in [1.54, 1.807) is 37.3 Å². The van der Waals surface area contributed by atoms with E-state index in [-0.39, 0.29) is 36.6 Å². The molecule has 0 aliphatic carbocycles. The number of rotatable bonds is 7. The number of halogens is 2. The molecule has 0 saturated heterocycles. The van der Waals surface area contributed by atoms with Crippen LogP contribution in [0.3, 0.4) is 0 Å². The maximum atomic E-state index is 13.1. The minimum absolute atomic E-state index is 0.0276. The molecule has 0 aliphatic rings. The number of nitrogens with zero attached hydrogens (tertiary/aromatic N) is 1. The molecule has 1 N–H and O–H groups in total. The molecule has 144 valence electrons. The Morgan fingerprint density at radius 1 is 1.07 bits per heavy atom. The first kappa shape index (κ1) is 20.9. The molecule has 0 bridgehead atoms. The Balaban J connectivity index is 2.22. The Labute approximate surface area is 164 Å². The lowest BCUT2D eigenvalue weighted by Gasteiger charge is -2.29. The van der Waals surface area contributed by atoms with Crippen LogP contribution in [0.1, 0.15) is 31.9 Å². The fourth-order valence-electron chi connectivity index (χ4n) is 2.70. The molecule has 1 atom stereocenters. The van der Waals surface area contributed by atoms with E-state index in [2.05, 4.69) is 5.32 Å². The maximum Gasteiger partial charge on any atom is 0.242 e. The van der Waals surface area contributed by atoms with Gasteiger partial charge in [0.05, 0.1) is 6.42 Å². The van der Waals surface area contributed by atoms with Crippen molar-refractivity contribution in [2.75, 3.05) is 0 Å². The highest BCUT2D eigenvalue weighted by Crippen LogP contribution is 2.16. The molecule has 4 nitrogen and oxygen atoms in total. The Kier molecular flexibility index (Phi) is 7.36. The van der Waals surface area contributed by atoms with Crippen LogP contribution >= 0.6 is 11.6 Å². The predicted octanol–water partition coefficient (Wildman–Crippen LogP) is 3.96. The van der Waals surface area contributed by atoms with Crippen LogP contribution in [0.2, 0.25) is 5.02 Å². The van der Waals surface area contributed by atoms with Crippen molar-refractivity contribution in [3.8, 4) is 0 Å². The highest BCUT2D eigenvalue weighted by atomic mass is 35.5. The zero-order valence-corrected chi connectivity index (χ0v) is 16.5. The summed E-state index contributed by atoms with van der Waals surface area (Å²) in [6.45, 7) is 5.69. The Bertz CT molecular complexity index is 793. The van der Waals surface area contributed by atoms with Crippen molar-refractivity contribution in [3.63, 3.8) is 0 Å². The number of nitrogens with one attached hydrogen (secondary N) is 1. The van der Waals surface area contributed by atoms with Crippen LogP contribution in [0.25, 0.3) is 0 Å². The lowest BCUT2D eigenvalue weighted by molar-refractivity contribution is -0.140. The predicted molar refractivity (Wildman–Crippen MR) is 105 cm³/mol. The number of benzene rings is 2. The topological polar surface area (TPSA) is 49.4 Å². The zero-order valence-electron chi connectivity index (χ0n) is 15.7. The fraction of sp³-hybridized carbons (Fsp3) is 0.333. The third-order valence-corrected chi connectivity index (χ3v) is 4.34. The van der Waals surface area contributed by atoms with Gasteiger partial charge in [-0.25, -0.2) is 4.39 Å². The molecule has 2 aromatic carbocycles. The van der Waals surface area contributed by atoms with E-state index in [1.807, 2.05) is 19.9 Å². The average Bonchev–Trinajstić information content (AvgIpc) is 2.60. The summed E-state index contributed by atoms with van der Waals surface area (Å²) in [5, 5.41) is 3.41. The highest BCUT2D eigenvalue weighted by Gasteiger charge is 2.26. The van der Waals surface area contributed by atoms with Crippen molar-refractivity contribution in [3.05, 3.63) is 70.5 Å². The van der Waals surface area contributed by atoms with Crippen molar-refractivity contribution in [1.29, 1.82) is 0 Å². The number of amides is 2. The monoisotopic (exact) mass is 390 g/mol. The van der Waals surface area contributed by atoms with Crippen molar-refractivity contribution < 1.29 is 14.0 Å². The van der Waals surface area contributed by atoms with Crippen molar-refractivity contribution in [1.82, 2.24) is 10.2 Å². The summed E-state index contributed by atoms with van der Waals surface area (Å²) in [6.07, 6.45) is 0.0835. The molecule has 2 aromatic rings. The van der Waals surface area contributed by atoms with Gasteiger partial charge in [-0.2, -0.15) is 0 Å². The van der Waals surface area contributed by atoms with E-state index in [1.165, 1.54) is 17.0 Å². The molecule has 0 heterocycles. The smallest absolute Gasteiger partial charge is 0.242 e. The third kappa shape index (κ3) is 6.36. The van der Waals surface area contributed by atoms with Crippen molar-refractivity contribution in [2.24, 2.45) is 0 Å². The lowest BCUT2D eigenvalue weighted by atomic mass is 10.1. The second-order valence-corrected chi connectivity index (χ2v) is 7.23. The first-order chi connectivity index (χ1) is 12.8. The average molecular weight is 391 g/mol. The quantitative estimate of drug-likeness (QED) is 0.777. The number of carbonyl (C=O) groups is 2. The lowest BCUT2D eigenvalue weighted by Crippen LogP contribution is -2.49. The van der Waals surface area contributed by atoms with E-state index >= 15 is 0 Å². The standard InChI is InChI=1S/C21H24ClFN2O2/c1-14(2)24-21(27)15(3)25(13-17-5-4-6-18(22)11-17)20(26)12-16-7-9-19(23)10-8-16/h4-11,14-15H,12-13H2,1-3H3,(H,24,27)/t15-/m1/s1. The van der Waals surface area contributed by atoms with Crippen LogP contribution in [-0.4, -0.2) is 28.8 Å². The van der Waals surface area contributed by atoms with Gasteiger partial charge in [-0.05, 0) is 56.2 Å². The minimum atomic E-state index is -0.653. The summed E-state index contributed by atoms with van der Waals surface area (Å²) in [4.78, 5) is 26.9. The molecule has 0 fully saturated rings. The highest BCUT2D eigenvalue weighted by molar-refractivity contribution is 6.30. The Morgan fingerprint density at radius 3 is 2.33 bits per heavy atom. The molecule has 0 aromatic heterocycles. The van der Waals surface area contributed by atoms with Crippen LogP contribution in [-0.2, 0) is 22.6 Å². The molecular formula is C21H24ClFN2O2. The van der Waals surface area contributed by atoms with Gasteiger partial charge in [-0.3, -0.25) is 9.59 Å². The minimum Gasteiger partial charge on any atom is -0.352 e. The molecule has 2 rings (SSSR count). The van der Waals surface area contributed by atoms with Gasteiger partial charge in [-0.1, -0.05) is 35.9 Å². The molecule has 0 radical (unpaired) electrons. The second kappa shape index (κ2) is 9.51. The van der Waals surface area contributed by atoms with E-state index in [9.17, 15) is 14.0 Å². The maximum absolute atomic E-state index is 13.1. The molecular weight excluding hydrogens is 367 g/mol. The van der Waals surface area contributed by atoms with Crippen LogP contribution in [0.15, 0.2) is 48.5 Å². The molecule has 0 spiro atoms. The summed E-state index contributed by atoms with van der Waals surface area (Å²) in [6, 6.07) is 12.3. The van der Waals surface area contributed by atoms with Crippen LogP contribution in [0.5, 0.6) is 0 Å². The van der Waals surface area contributed by atoms with Gasteiger partial charge in [0, 0.05) is 17.6 Å². The van der Waals surface area contributed by atoms with E-state index in [0.29, 0.717) is 10.6 Å². The van der Waals surface area contributed by atoms with Gasteiger partial charge < -0.3 is 10.2 Å². The van der Waals surface area contributed by atoms with Gasteiger partial charge in [0.25, 0.3) is 0 Å². The van der Waals surface area contributed by atoms with Crippen LogP contribution in [0.4, 0.5) is 4.39 Å². The molecule has 0 aliphatic heterocycles. The largest absolute Gasteiger partial charge is 0.352 e. The fourth-order valence-corrected chi connectivity index (χ4v) is 2.91. The summed E-state index contributed by atoms with van der Waals surface area (Å²) >= 11 is 6.05. The first-order valence-electron chi connectivity index (χ1n) is 8.85. The molecule has 6 heteroatoms. The van der Waals surface area contributed by atoms with Crippen LogP contribution in [0, 0.1) is 5.82 Å². The summed E-state index contributed by atoms with van der Waals surface area (Å²) in [5.74, 6) is -0.792.